The molecule has 1 aliphatic carbocycles. The molecule has 0 radical (unpaired) electrons. The van der Waals surface area contributed by atoms with E-state index in [9.17, 15) is 35.4 Å². The molecule has 1 rings (SSSR count). The number of aliphatic hydroxyl groups excluding tert-OH is 6. The van der Waals surface area contributed by atoms with Gasteiger partial charge in [-0.15, -0.1) is 0 Å². The number of amides is 1. The van der Waals surface area contributed by atoms with Crippen LogP contribution in [0.5, 0.6) is 0 Å². The van der Waals surface area contributed by atoms with Crippen molar-refractivity contribution in [2.75, 3.05) is 6.54 Å². The Kier molecular flexibility index (Phi) is 30.3. The van der Waals surface area contributed by atoms with E-state index in [0.29, 0.717) is 12.8 Å². The second-order valence-electron chi connectivity index (χ2n) is 13.2. The Morgan fingerprint density at radius 2 is 0.932 bits per heavy atom. The largest absolute Gasteiger partial charge is 0.390 e. The first-order valence-corrected chi connectivity index (χ1v) is 19.8. The number of unbranched alkanes of at least 4 members (excludes halogenated alkanes) is 11. The summed E-state index contributed by atoms with van der Waals surface area (Å²) >= 11 is 0. The van der Waals surface area contributed by atoms with E-state index in [4.69, 9.17) is 0 Å². The van der Waals surface area contributed by atoms with E-state index in [1.165, 1.54) is 51.4 Å². The quantitative estimate of drug-likeness (QED) is 0.0715. The molecule has 1 aliphatic rings. The predicted octanol–water partition coefficient (Wildman–Crippen LogP) is 1.15. The predicted molar refractivity (Wildman–Crippen MR) is 229 cm³/mol. The number of carbonyl (C=O) groups excluding carboxylic acids is 1. The lowest BCUT2D eigenvalue weighted by Crippen LogP contribution is -2.62. The Morgan fingerprint density at radius 1 is 0.542 bits per heavy atom. The third-order valence-corrected chi connectivity index (χ3v) is 8.69. The second-order valence-corrected chi connectivity index (χ2v) is 13.2. The highest BCUT2D eigenvalue weighted by Gasteiger charge is 2.42. The average Bonchev–Trinajstić information content (AvgIpc) is 3.23. The monoisotopic (exact) mass is 792 g/mol. The summed E-state index contributed by atoms with van der Waals surface area (Å²) in [5, 5.41) is 67.9. The summed E-state index contributed by atoms with van der Waals surface area (Å²) in [6.45, 7) is 3.75. The van der Waals surface area contributed by atoms with Crippen LogP contribution in [0, 0.1) is 142 Å². The van der Waals surface area contributed by atoms with E-state index in [2.05, 4.69) is 160 Å². The van der Waals surface area contributed by atoms with Gasteiger partial charge in [-0.2, -0.15) is 0 Å². The summed E-state index contributed by atoms with van der Waals surface area (Å²) in [6, 6.07) is -1.92. The Bertz CT molecular complexity index is 2120. The van der Waals surface area contributed by atoms with Crippen molar-refractivity contribution in [3.8, 4) is 142 Å². The molecule has 0 unspecified atom stereocenters. The van der Waals surface area contributed by atoms with Gasteiger partial charge < -0.3 is 41.3 Å². The second kappa shape index (κ2) is 35.1. The number of nitrogens with one attached hydrogen (secondary N) is 2. The molecule has 9 heteroatoms. The number of hydrogen-bond donors (Lipinski definition) is 8. The minimum Gasteiger partial charge on any atom is -0.390 e. The van der Waals surface area contributed by atoms with Crippen molar-refractivity contribution in [1.29, 1.82) is 0 Å². The van der Waals surface area contributed by atoms with Crippen LogP contribution in [-0.4, -0.2) is 91.8 Å². The van der Waals surface area contributed by atoms with Crippen molar-refractivity contribution in [1.82, 2.24) is 10.6 Å². The highest BCUT2D eigenvalue weighted by atomic mass is 16.4. The Hall–Kier alpha value is -6.09. The Balaban J connectivity index is 2.70. The number of aliphatic hydroxyl groups is 6. The van der Waals surface area contributed by atoms with Gasteiger partial charge in [0.2, 0.25) is 0 Å². The third-order valence-electron chi connectivity index (χ3n) is 8.69. The molecule has 8 atom stereocenters. The lowest BCUT2D eigenvalue weighted by atomic mass is 9.85. The molecule has 8 N–H and O–H groups in total. The molecule has 0 aromatic heterocycles. The molecule has 0 aromatic carbocycles. The Morgan fingerprint density at radius 3 is 1.36 bits per heavy atom. The van der Waals surface area contributed by atoms with Crippen LogP contribution in [0.15, 0.2) is 0 Å². The summed E-state index contributed by atoms with van der Waals surface area (Å²) in [5.74, 6) is 58.7. The van der Waals surface area contributed by atoms with Crippen molar-refractivity contribution in [3.05, 3.63) is 0 Å². The molecule has 304 valence electrons. The van der Waals surface area contributed by atoms with Crippen LogP contribution in [0.2, 0.25) is 0 Å². The zero-order valence-electron chi connectivity index (χ0n) is 33.8. The summed E-state index contributed by atoms with van der Waals surface area (Å²) < 4.78 is 0. The molecule has 0 bridgehead atoms. The Labute approximate surface area is 352 Å². The zero-order valence-corrected chi connectivity index (χ0v) is 33.8. The fourth-order valence-electron chi connectivity index (χ4n) is 5.56. The topological polar surface area (TPSA) is 163 Å². The molecular formula is C50H52N2O7. The maximum absolute atomic E-state index is 12.7. The van der Waals surface area contributed by atoms with Crippen LogP contribution in [0.3, 0.4) is 0 Å². The van der Waals surface area contributed by atoms with Gasteiger partial charge in [0, 0.05) is 54.0 Å². The molecular weight excluding hydrogens is 741 g/mol. The van der Waals surface area contributed by atoms with E-state index < -0.39 is 54.6 Å². The number of rotatable bonds is 19. The van der Waals surface area contributed by atoms with Gasteiger partial charge in [-0.05, 0) is 114 Å². The van der Waals surface area contributed by atoms with Gasteiger partial charge in [-0.25, -0.2) is 0 Å². The molecule has 9 nitrogen and oxygen atoms in total. The SMILES string of the molecule is CC#CC#CC#CC#CC#CC#CC#CC#CC#CC#CC#CC#CC(=O)N[C@@H](CN[C@@H]1C[C@H](O)[C@@H](O)[C@H](O)[C@H]1O)[C@H](O)[C@H](O)CCCCCCCCCCCCCC. The van der Waals surface area contributed by atoms with Crippen LogP contribution >= 0.6 is 0 Å². The van der Waals surface area contributed by atoms with Gasteiger partial charge in [-0.1, -0.05) is 89.9 Å². The average molecular weight is 793 g/mol. The van der Waals surface area contributed by atoms with Crippen LogP contribution in [0.1, 0.15) is 104 Å². The number of hydrogen-bond acceptors (Lipinski definition) is 8. The molecule has 0 saturated heterocycles. The fraction of sp³-hybridized carbons (Fsp3) is 0.500. The van der Waals surface area contributed by atoms with Crippen molar-refractivity contribution in [2.45, 2.75) is 152 Å². The van der Waals surface area contributed by atoms with Crippen molar-refractivity contribution >= 4 is 5.91 Å². The summed E-state index contributed by atoms with van der Waals surface area (Å²) in [6.07, 6.45) is 5.72. The van der Waals surface area contributed by atoms with Gasteiger partial charge in [0.25, 0.3) is 5.91 Å². The lowest BCUT2D eigenvalue weighted by Gasteiger charge is -2.39. The molecule has 0 spiro atoms. The first-order valence-electron chi connectivity index (χ1n) is 19.8. The maximum Gasteiger partial charge on any atom is 0.297 e. The molecule has 1 amide bonds. The highest BCUT2D eigenvalue weighted by Crippen LogP contribution is 2.21. The van der Waals surface area contributed by atoms with Crippen molar-refractivity contribution in [3.63, 3.8) is 0 Å². The fourth-order valence-corrected chi connectivity index (χ4v) is 5.56. The van der Waals surface area contributed by atoms with E-state index in [1.54, 1.807) is 6.92 Å². The first-order chi connectivity index (χ1) is 28.7. The van der Waals surface area contributed by atoms with Gasteiger partial charge in [-0.3, -0.25) is 4.79 Å². The van der Waals surface area contributed by atoms with Crippen molar-refractivity contribution in [2.24, 2.45) is 0 Å². The van der Waals surface area contributed by atoms with Gasteiger partial charge in [0.05, 0.1) is 24.4 Å². The first kappa shape index (κ1) is 50.9. The van der Waals surface area contributed by atoms with Gasteiger partial charge in [0.15, 0.2) is 0 Å². The van der Waals surface area contributed by atoms with E-state index >= 15 is 0 Å². The lowest BCUT2D eigenvalue weighted by molar-refractivity contribution is -0.147. The molecule has 0 aliphatic heterocycles. The summed E-state index contributed by atoms with van der Waals surface area (Å²) in [7, 11) is 0. The summed E-state index contributed by atoms with van der Waals surface area (Å²) in [4.78, 5) is 12.7. The van der Waals surface area contributed by atoms with Gasteiger partial charge >= 0.3 is 0 Å². The van der Waals surface area contributed by atoms with Crippen molar-refractivity contribution < 1.29 is 35.4 Å². The smallest absolute Gasteiger partial charge is 0.297 e. The zero-order chi connectivity index (χ0) is 43.2. The van der Waals surface area contributed by atoms with Gasteiger partial charge in [0.1, 0.15) is 18.3 Å². The molecule has 59 heavy (non-hydrogen) atoms. The molecule has 0 aromatic rings. The highest BCUT2D eigenvalue weighted by molar-refractivity contribution is 5.94. The van der Waals surface area contributed by atoms with E-state index in [1.807, 2.05) is 0 Å². The maximum atomic E-state index is 12.7. The van der Waals surface area contributed by atoms with E-state index in [-0.39, 0.29) is 13.0 Å². The van der Waals surface area contributed by atoms with Crippen LogP contribution < -0.4 is 10.6 Å². The normalized spacial score (nSPS) is 17.9. The third kappa shape index (κ3) is 26.5. The van der Waals surface area contributed by atoms with Crippen LogP contribution in [0.4, 0.5) is 0 Å². The molecule has 0 heterocycles. The van der Waals surface area contributed by atoms with Crippen LogP contribution in [0.25, 0.3) is 0 Å². The minimum absolute atomic E-state index is 0.0904. The molecule has 1 saturated carbocycles. The van der Waals surface area contributed by atoms with Crippen LogP contribution in [-0.2, 0) is 4.79 Å². The van der Waals surface area contributed by atoms with E-state index in [0.717, 1.165) is 19.3 Å². The standard InChI is InChI=1S/C50H52N2O7/c1-3-5-7-9-11-13-15-17-18-19-20-21-22-23-24-25-26-27-29-31-33-35-37-39-46(55)52-43(41-51-42-40-45(54)49(58)50(59)48(42)57)47(56)44(53)38-36-34-32-30-28-16-14-12-10-8-6-4-2/h42-45,47-51,53-54,56-59H,4,6,8,10,12,14,16,28,30,32,34,36,38,40-41H2,1-2H3,(H,52,55)/t42-,43+,44-,45+,47+,48+,49-,50-/m1/s1. The number of carbonyl (C=O) groups is 1. The summed E-state index contributed by atoms with van der Waals surface area (Å²) in [5.41, 5.74) is 0. The minimum atomic E-state index is -1.60. The molecule has 1 fully saturated rings.